The van der Waals surface area contributed by atoms with Crippen molar-refractivity contribution in [2.75, 3.05) is 26.8 Å². The molecule has 0 spiro atoms. The van der Waals surface area contributed by atoms with E-state index in [1.807, 2.05) is 6.07 Å². The molecular formula is C23H28N2O3. The molecule has 2 aromatic rings. The number of piperidine rings is 1. The van der Waals surface area contributed by atoms with Crippen LogP contribution >= 0.6 is 0 Å². The van der Waals surface area contributed by atoms with Crippen LogP contribution in [-0.4, -0.2) is 43.7 Å². The van der Waals surface area contributed by atoms with Gasteiger partial charge in [-0.1, -0.05) is 43.0 Å². The minimum atomic E-state index is -0.0740. The van der Waals surface area contributed by atoms with Gasteiger partial charge in [-0.05, 0) is 36.6 Å². The average molecular weight is 380 g/mol. The number of ether oxygens (including phenoxy) is 2. The van der Waals surface area contributed by atoms with Crippen molar-refractivity contribution in [1.82, 2.24) is 10.2 Å². The predicted molar refractivity (Wildman–Crippen MR) is 111 cm³/mol. The number of benzene rings is 2. The molecule has 2 aromatic carbocycles. The second-order valence-electron chi connectivity index (χ2n) is 6.97. The number of likely N-dealkylation sites (tertiary alicyclic amines) is 1. The van der Waals surface area contributed by atoms with Gasteiger partial charge < -0.3 is 14.8 Å². The van der Waals surface area contributed by atoms with Crippen molar-refractivity contribution >= 4 is 5.91 Å². The van der Waals surface area contributed by atoms with Gasteiger partial charge in [-0.3, -0.25) is 9.69 Å². The molecule has 1 saturated heterocycles. The largest absolute Gasteiger partial charge is 0.493 e. The van der Waals surface area contributed by atoms with Crippen molar-refractivity contribution in [1.29, 1.82) is 0 Å². The molecule has 5 nitrogen and oxygen atoms in total. The van der Waals surface area contributed by atoms with Gasteiger partial charge in [0, 0.05) is 31.2 Å². The van der Waals surface area contributed by atoms with Gasteiger partial charge in [0.1, 0.15) is 6.61 Å². The lowest BCUT2D eigenvalue weighted by Crippen LogP contribution is -2.44. The number of nitrogens with one attached hydrogen (secondary N) is 1. The van der Waals surface area contributed by atoms with Crippen LogP contribution in [0, 0.1) is 0 Å². The Bertz CT molecular complexity index is 784. The summed E-state index contributed by atoms with van der Waals surface area (Å²) in [5.41, 5.74) is 1.91. The van der Waals surface area contributed by atoms with Crippen molar-refractivity contribution in [3.05, 3.63) is 72.3 Å². The van der Waals surface area contributed by atoms with Crippen molar-refractivity contribution < 1.29 is 14.3 Å². The van der Waals surface area contributed by atoms with E-state index in [0.29, 0.717) is 23.7 Å². The first-order valence-corrected chi connectivity index (χ1v) is 9.68. The summed E-state index contributed by atoms with van der Waals surface area (Å²) in [6.45, 7) is 6.96. The lowest BCUT2D eigenvalue weighted by atomic mass is 10.0. The van der Waals surface area contributed by atoms with Gasteiger partial charge in [-0.2, -0.15) is 0 Å². The van der Waals surface area contributed by atoms with Crippen molar-refractivity contribution in [2.45, 2.75) is 25.4 Å². The monoisotopic (exact) mass is 380 g/mol. The molecule has 0 aromatic heterocycles. The molecule has 0 bridgehead atoms. The average Bonchev–Trinajstić information content (AvgIpc) is 2.74. The summed E-state index contributed by atoms with van der Waals surface area (Å²) >= 11 is 0. The van der Waals surface area contributed by atoms with Gasteiger partial charge in [0.25, 0.3) is 5.91 Å². The van der Waals surface area contributed by atoms with Gasteiger partial charge >= 0.3 is 0 Å². The molecule has 0 radical (unpaired) electrons. The zero-order chi connectivity index (χ0) is 19.8. The van der Waals surface area contributed by atoms with Gasteiger partial charge in [0.15, 0.2) is 11.5 Å². The summed E-state index contributed by atoms with van der Waals surface area (Å²) in [6.07, 6.45) is 3.58. The topological polar surface area (TPSA) is 50.8 Å². The molecule has 148 valence electrons. The summed E-state index contributed by atoms with van der Waals surface area (Å²) in [4.78, 5) is 15.1. The number of hydrogen-bond donors (Lipinski definition) is 1. The zero-order valence-electron chi connectivity index (χ0n) is 16.4. The van der Waals surface area contributed by atoms with Crippen molar-refractivity contribution in [3.63, 3.8) is 0 Å². The molecule has 1 N–H and O–H groups in total. The maximum absolute atomic E-state index is 12.6. The molecule has 1 fully saturated rings. The minimum Gasteiger partial charge on any atom is -0.493 e. The van der Waals surface area contributed by atoms with Crippen LogP contribution in [-0.2, 0) is 6.54 Å². The van der Waals surface area contributed by atoms with Gasteiger partial charge in [0.05, 0.1) is 7.11 Å². The van der Waals surface area contributed by atoms with Crippen LogP contribution in [0.2, 0.25) is 0 Å². The van der Waals surface area contributed by atoms with E-state index in [1.165, 1.54) is 5.56 Å². The third kappa shape index (κ3) is 5.36. The number of rotatable bonds is 8. The Hall–Kier alpha value is -2.79. The third-order valence-corrected chi connectivity index (χ3v) is 4.95. The Labute approximate surface area is 167 Å². The number of nitrogens with zero attached hydrogens (tertiary/aromatic N) is 1. The summed E-state index contributed by atoms with van der Waals surface area (Å²) < 4.78 is 10.9. The second-order valence-corrected chi connectivity index (χ2v) is 6.97. The van der Waals surface area contributed by atoms with Crippen LogP contribution in [0.4, 0.5) is 0 Å². The second kappa shape index (κ2) is 9.95. The summed E-state index contributed by atoms with van der Waals surface area (Å²) in [5.74, 6) is 1.08. The SMILES string of the molecule is C=CCOc1ccc(C(=O)NC2CCN(Cc3ccccc3)CC2)cc1OC. The molecule has 0 saturated carbocycles. The first-order valence-electron chi connectivity index (χ1n) is 9.68. The first-order chi connectivity index (χ1) is 13.7. The Morgan fingerprint density at radius 1 is 1.18 bits per heavy atom. The van der Waals surface area contributed by atoms with Gasteiger partial charge in [0.2, 0.25) is 0 Å². The fourth-order valence-corrected chi connectivity index (χ4v) is 3.42. The van der Waals surface area contributed by atoms with E-state index in [2.05, 4.69) is 41.1 Å². The first kappa shape index (κ1) is 20.0. The number of amides is 1. The smallest absolute Gasteiger partial charge is 0.251 e. The highest BCUT2D eigenvalue weighted by Crippen LogP contribution is 2.28. The minimum absolute atomic E-state index is 0.0740. The molecule has 1 amide bonds. The van der Waals surface area contributed by atoms with E-state index in [1.54, 1.807) is 31.4 Å². The van der Waals surface area contributed by atoms with Gasteiger partial charge in [-0.25, -0.2) is 0 Å². The summed E-state index contributed by atoms with van der Waals surface area (Å²) in [6, 6.07) is 15.9. The van der Waals surface area contributed by atoms with E-state index in [9.17, 15) is 4.79 Å². The molecule has 1 heterocycles. The van der Waals surface area contributed by atoms with Crippen LogP contribution < -0.4 is 14.8 Å². The van der Waals surface area contributed by atoms with Crippen molar-refractivity contribution in [3.8, 4) is 11.5 Å². The Kier molecular flexibility index (Phi) is 7.09. The zero-order valence-corrected chi connectivity index (χ0v) is 16.4. The molecule has 0 unspecified atom stereocenters. The molecule has 1 aliphatic heterocycles. The quantitative estimate of drug-likeness (QED) is 0.710. The molecule has 0 atom stereocenters. The fraction of sp³-hybridized carbons (Fsp3) is 0.348. The van der Waals surface area contributed by atoms with E-state index in [-0.39, 0.29) is 11.9 Å². The number of carbonyl (C=O) groups excluding carboxylic acids is 1. The number of carbonyl (C=O) groups is 1. The highest BCUT2D eigenvalue weighted by molar-refractivity contribution is 5.95. The Balaban J connectivity index is 1.52. The lowest BCUT2D eigenvalue weighted by molar-refractivity contribution is 0.0908. The maximum atomic E-state index is 12.6. The molecule has 0 aliphatic carbocycles. The van der Waals surface area contributed by atoms with Crippen LogP contribution in [0.25, 0.3) is 0 Å². The normalized spacial score (nSPS) is 15.0. The summed E-state index contributed by atoms with van der Waals surface area (Å²) in [5, 5.41) is 3.16. The lowest BCUT2D eigenvalue weighted by Gasteiger charge is -2.32. The molecule has 5 heteroatoms. The molecule has 28 heavy (non-hydrogen) atoms. The Morgan fingerprint density at radius 2 is 1.93 bits per heavy atom. The van der Waals surface area contributed by atoms with Crippen LogP contribution in [0.15, 0.2) is 61.2 Å². The number of hydrogen-bond acceptors (Lipinski definition) is 4. The highest BCUT2D eigenvalue weighted by Gasteiger charge is 2.21. The summed E-state index contributed by atoms with van der Waals surface area (Å²) in [7, 11) is 1.57. The van der Waals surface area contributed by atoms with Gasteiger partial charge in [-0.15, -0.1) is 0 Å². The third-order valence-electron chi connectivity index (χ3n) is 4.95. The van der Waals surface area contributed by atoms with E-state index in [0.717, 1.165) is 32.5 Å². The van der Waals surface area contributed by atoms with E-state index >= 15 is 0 Å². The predicted octanol–water partition coefficient (Wildman–Crippen LogP) is 3.65. The maximum Gasteiger partial charge on any atom is 0.251 e. The molecule has 1 aliphatic rings. The van der Waals surface area contributed by atoms with Crippen molar-refractivity contribution in [2.24, 2.45) is 0 Å². The fourth-order valence-electron chi connectivity index (χ4n) is 3.42. The Morgan fingerprint density at radius 3 is 2.61 bits per heavy atom. The van der Waals surface area contributed by atoms with E-state index in [4.69, 9.17) is 9.47 Å². The van der Waals surface area contributed by atoms with Crippen LogP contribution in [0.3, 0.4) is 0 Å². The highest BCUT2D eigenvalue weighted by atomic mass is 16.5. The van der Waals surface area contributed by atoms with Crippen LogP contribution in [0.1, 0.15) is 28.8 Å². The standard InChI is InChI=1S/C23H28N2O3/c1-3-15-28-21-10-9-19(16-22(21)27-2)23(26)24-20-11-13-25(14-12-20)17-18-7-5-4-6-8-18/h3-10,16,20H,1,11-15,17H2,2H3,(H,24,26). The number of methoxy groups -OCH3 is 1. The molecular weight excluding hydrogens is 352 g/mol. The van der Waals surface area contributed by atoms with E-state index < -0.39 is 0 Å². The van der Waals surface area contributed by atoms with Crippen LogP contribution in [0.5, 0.6) is 11.5 Å². The molecule has 3 rings (SSSR count).